The van der Waals surface area contributed by atoms with Gasteiger partial charge in [-0.15, -0.1) is 0 Å². The molecule has 3 heteroatoms. The number of rotatable bonds is 6. The number of nitrogens with zero attached hydrogens (tertiary/aromatic N) is 1. The van der Waals surface area contributed by atoms with E-state index in [2.05, 4.69) is 37.9 Å². The molecule has 2 aliphatic heterocycles. The molecule has 0 amide bonds. The molecule has 118 valence electrons. The highest BCUT2D eigenvalue weighted by Crippen LogP contribution is 2.27. The summed E-state index contributed by atoms with van der Waals surface area (Å²) in [6, 6.07) is 0.657. The Bertz CT molecular complexity index is 291. The molecule has 2 heterocycles. The first kappa shape index (κ1) is 16.3. The number of ether oxygens (including phenoxy) is 1. The molecule has 0 saturated carbocycles. The summed E-state index contributed by atoms with van der Waals surface area (Å²) >= 11 is 0. The molecule has 0 spiro atoms. The lowest BCUT2D eigenvalue weighted by atomic mass is 9.87. The highest BCUT2D eigenvalue weighted by molar-refractivity contribution is 4.96. The summed E-state index contributed by atoms with van der Waals surface area (Å²) < 4.78 is 5.80. The molecule has 4 atom stereocenters. The summed E-state index contributed by atoms with van der Waals surface area (Å²) in [7, 11) is 0. The molecule has 0 aromatic heterocycles. The Kier molecular flexibility index (Phi) is 5.88. The lowest BCUT2D eigenvalue weighted by molar-refractivity contribution is 0.0183. The second-order valence-electron chi connectivity index (χ2n) is 7.09. The molecule has 2 fully saturated rings. The van der Waals surface area contributed by atoms with Crippen molar-refractivity contribution in [3.63, 3.8) is 0 Å². The maximum absolute atomic E-state index is 5.80. The SMILES string of the molecule is CCC(C)C1CN(CCC2CCCO2)C(C)(CC)CN1. The van der Waals surface area contributed by atoms with Crippen LogP contribution < -0.4 is 5.32 Å². The first-order chi connectivity index (χ1) is 9.59. The van der Waals surface area contributed by atoms with Gasteiger partial charge in [-0.2, -0.15) is 0 Å². The van der Waals surface area contributed by atoms with E-state index in [-0.39, 0.29) is 0 Å². The highest BCUT2D eigenvalue weighted by Gasteiger charge is 2.37. The standard InChI is InChI=1S/C17H34N2O/c1-5-14(3)16-12-19(17(4,6-2)13-18-16)10-9-15-8-7-11-20-15/h14-16,18H,5-13H2,1-4H3. The molecule has 0 aliphatic carbocycles. The van der Waals surface area contributed by atoms with Gasteiger partial charge < -0.3 is 10.1 Å². The summed E-state index contributed by atoms with van der Waals surface area (Å²) in [5.74, 6) is 0.765. The number of hydrogen-bond acceptors (Lipinski definition) is 3. The molecule has 0 bridgehead atoms. The van der Waals surface area contributed by atoms with Gasteiger partial charge in [0.2, 0.25) is 0 Å². The monoisotopic (exact) mass is 282 g/mol. The average Bonchev–Trinajstić information content (AvgIpc) is 2.99. The molecule has 20 heavy (non-hydrogen) atoms. The van der Waals surface area contributed by atoms with E-state index < -0.39 is 0 Å². The summed E-state index contributed by atoms with van der Waals surface area (Å²) in [6.45, 7) is 13.9. The van der Waals surface area contributed by atoms with Crippen LogP contribution in [0.15, 0.2) is 0 Å². The number of hydrogen-bond donors (Lipinski definition) is 1. The highest BCUT2D eigenvalue weighted by atomic mass is 16.5. The maximum atomic E-state index is 5.80. The van der Waals surface area contributed by atoms with Gasteiger partial charge in [-0.1, -0.05) is 27.2 Å². The van der Waals surface area contributed by atoms with Crippen LogP contribution in [0.1, 0.15) is 59.8 Å². The molecule has 0 aromatic carbocycles. The Balaban J connectivity index is 1.92. The molecular formula is C17H34N2O. The van der Waals surface area contributed by atoms with Crippen molar-refractivity contribution in [1.82, 2.24) is 10.2 Å². The van der Waals surface area contributed by atoms with E-state index in [1.54, 1.807) is 0 Å². The van der Waals surface area contributed by atoms with Gasteiger partial charge in [0.25, 0.3) is 0 Å². The van der Waals surface area contributed by atoms with Gasteiger partial charge in [0, 0.05) is 37.8 Å². The van der Waals surface area contributed by atoms with Crippen LogP contribution in [0.2, 0.25) is 0 Å². The van der Waals surface area contributed by atoms with E-state index >= 15 is 0 Å². The maximum Gasteiger partial charge on any atom is 0.0588 e. The molecule has 2 aliphatic rings. The normalized spacial score (nSPS) is 37.2. The van der Waals surface area contributed by atoms with Gasteiger partial charge in [0.15, 0.2) is 0 Å². The minimum atomic E-state index is 0.322. The van der Waals surface area contributed by atoms with Crippen LogP contribution >= 0.6 is 0 Å². The Labute approximate surface area is 125 Å². The number of piperazine rings is 1. The topological polar surface area (TPSA) is 24.5 Å². The van der Waals surface area contributed by atoms with E-state index in [9.17, 15) is 0 Å². The lowest BCUT2D eigenvalue weighted by Gasteiger charge is -2.49. The van der Waals surface area contributed by atoms with Crippen LogP contribution in [0.5, 0.6) is 0 Å². The summed E-state index contributed by atoms with van der Waals surface area (Å²) in [4.78, 5) is 2.74. The van der Waals surface area contributed by atoms with E-state index in [4.69, 9.17) is 4.74 Å². The molecule has 4 unspecified atom stereocenters. The van der Waals surface area contributed by atoms with Gasteiger partial charge in [0.05, 0.1) is 6.10 Å². The lowest BCUT2D eigenvalue weighted by Crippen LogP contribution is -2.64. The fourth-order valence-corrected chi connectivity index (χ4v) is 3.53. The fourth-order valence-electron chi connectivity index (χ4n) is 3.53. The van der Waals surface area contributed by atoms with E-state index in [1.807, 2.05) is 0 Å². The van der Waals surface area contributed by atoms with Crippen LogP contribution in [0.3, 0.4) is 0 Å². The third-order valence-corrected chi connectivity index (χ3v) is 5.76. The van der Waals surface area contributed by atoms with Gasteiger partial charge >= 0.3 is 0 Å². The smallest absolute Gasteiger partial charge is 0.0588 e. The van der Waals surface area contributed by atoms with Crippen LogP contribution in [0.4, 0.5) is 0 Å². The minimum absolute atomic E-state index is 0.322. The van der Waals surface area contributed by atoms with E-state index in [0.717, 1.165) is 19.1 Å². The van der Waals surface area contributed by atoms with Gasteiger partial charge in [0.1, 0.15) is 0 Å². The fraction of sp³-hybridized carbons (Fsp3) is 1.00. The van der Waals surface area contributed by atoms with Crippen LogP contribution in [-0.2, 0) is 4.74 Å². The Morgan fingerprint density at radius 2 is 2.20 bits per heavy atom. The molecule has 3 nitrogen and oxygen atoms in total. The zero-order valence-electron chi connectivity index (χ0n) is 14.0. The van der Waals surface area contributed by atoms with Gasteiger partial charge in [-0.3, -0.25) is 4.90 Å². The second kappa shape index (κ2) is 7.24. The van der Waals surface area contributed by atoms with Crippen molar-refractivity contribution >= 4 is 0 Å². The summed E-state index contributed by atoms with van der Waals surface area (Å²) in [5.41, 5.74) is 0.322. The average molecular weight is 282 g/mol. The van der Waals surface area contributed by atoms with E-state index in [0.29, 0.717) is 17.7 Å². The molecule has 0 aromatic rings. The third-order valence-electron chi connectivity index (χ3n) is 5.76. The Morgan fingerprint density at radius 1 is 1.40 bits per heavy atom. The molecule has 1 N–H and O–H groups in total. The molecule has 2 rings (SSSR count). The summed E-state index contributed by atoms with van der Waals surface area (Å²) in [6.07, 6.45) is 6.74. The molecule has 0 radical (unpaired) electrons. The third kappa shape index (κ3) is 3.75. The Hall–Kier alpha value is -0.120. The predicted octanol–water partition coefficient (Wildman–Crippen LogP) is 3.04. The van der Waals surface area contributed by atoms with Crippen LogP contribution in [-0.4, -0.2) is 48.8 Å². The minimum Gasteiger partial charge on any atom is -0.378 e. The quantitative estimate of drug-likeness (QED) is 0.810. The van der Waals surface area contributed by atoms with Crippen molar-refractivity contribution in [2.75, 3.05) is 26.2 Å². The van der Waals surface area contributed by atoms with Gasteiger partial charge in [-0.05, 0) is 38.5 Å². The Morgan fingerprint density at radius 3 is 2.80 bits per heavy atom. The van der Waals surface area contributed by atoms with Crippen LogP contribution in [0, 0.1) is 5.92 Å². The zero-order chi connectivity index (χ0) is 14.6. The van der Waals surface area contributed by atoms with Crippen molar-refractivity contribution in [2.45, 2.75) is 77.5 Å². The van der Waals surface area contributed by atoms with Crippen molar-refractivity contribution in [2.24, 2.45) is 5.92 Å². The second-order valence-corrected chi connectivity index (χ2v) is 7.09. The molecular weight excluding hydrogens is 248 g/mol. The predicted molar refractivity (Wildman–Crippen MR) is 85.1 cm³/mol. The first-order valence-electron chi connectivity index (χ1n) is 8.69. The first-order valence-corrected chi connectivity index (χ1v) is 8.69. The molecule has 2 saturated heterocycles. The largest absolute Gasteiger partial charge is 0.378 e. The van der Waals surface area contributed by atoms with Crippen LogP contribution in [0.25, 0.3) is 0 Å². The van der Waals surface area contributed by atoms with Crippen molar-refractivity contribution < 1.29 is 4.74 Å². The van der Waals surface area contributed by atoms with Crippen molar-refractivity contribution in [3.8, 4) is 0 Å². The van der Waals surface area contributed by atoms with Gasteiger partial charge in [-0.25, -0.2) is 0 Å². The number of nitrogens with one attached hydrogen (secondary N) is 1. The van der Waals surface area contributed by atoms with Crippen molar-refractivity contribution in [3.05, 3.63) is 0 Å². The summed E-state index contributed by atoms with van der Waals surface area (Å²) in [5, 5.41) is 3.80. The van der Waals surface area contributed by atoms with E-state index in [1.165, 1.54) is 45.2 Å². The van der Waals surface area contributed by atoms with Crippen molar-refractivity contribution in [1.29, 1.82) is 0 Å². The zero-order valence-corrected chi connectivity index (χ0v) is 14.0.